The van der Waals surface area contributed by atoms with Crippen LogP contribution >= 0.6 is 0 Å². The zero-order valence-corrected chi connectivity index (χ0v) is 15.1. The summed E-state index contributed by atoms with van der Waals surface area (Å²) >= 11 is 0. The highest BCUT2D eigenvalue weighted by Gasteiger charge is 2.53. The number of carbonyl (C=O) groups is 1. The summed E-state index contributed by atoms with van der Waals surface area (Å²) in [6.45, 7) is 3.19. The number of fused-ring (bicyclic) bond motifs is 3. The van der Waals surface area contributed by atoms with E-state index in [-0.39, 0.29) is 29.4 Å². The van der Waals surface area contributed by atoms with Crippen LogP contribution in [-0.2, 0) is 4.79 Å². The molecule has 1 spiro atoms. The van der Waals surface area contributed by atoms with Crippen LogP contribution in [0, 0.1) is 11.3 Å². The van der Waals surface area contributed by atoms with Gasteiger partial charge in [-0.1, -0.05) is 24.3 Å². The van der Waals surface area contributed by atoms with Crippen LogP contribution < -0.4 is 0 Å². The average Bonchev–Trinajstić information content (AvgIpc) is 3.31. The number of piperidine rings is 1. The van der Waals surface area contributed by atoms with Crippen molar-refractivity contribution < 1.29 is 9.90 Å². The number of aromatic nitrogens is 2. The Balaban J connectivity index is 1.45. The van der Waals surface area contributed by atoms with Crippen molar-refractivity contribution in [1.82, 2.24) is 14.5 Å². The molecule has 5 rings (SSSR count). The molecule has 0 bridgehead atoms. The molecule has 1 saturated heterocycles. The number of rotatable bonds is 1. The van der Waals surface area contributed by atoms with Crippen LogP contribution in [0.1, 0.15) is 44.2 Å². The molecule has 3 unspecified atom stereocenters. The summed E-state index contributed by atoms with van der Waals surface area (Å²) in [5, 5.41) is 11.4. The van der Waals surface area contributed by atoms with Gasteiger partial charge in [0.2, 0.25) is 5.91 Å². The molecule has 2 fully saturated rings. The van der Waals surface area contributed by atoms with Gasteiger partial charge in [-0.25, -0.2) is 4.98 Å². The van der Waals surface area contributed by atoms with E-state index in [1.807, 2.05) is 17.4 Å². The number of aliphatic hydroxyl groups excluding tert-OH is 1. The molecule has 2 aromatic rings. The fourth-order valence-corrected chi connectivity index (χ4v) is 5.67. The van der Waals surface area contributed by atoms with Crippen LogP contribution in [0.5, 0.6) is 0 Å². The zero-order chi connectivity index (χ0) is 17.9. The fraction of sp³-hybridized carbons (Fsp3) is 0.524. The van der Waals surface area contributed by atoms with E-state index in [9.17, 15) is 9.90 Å². The molecule has 3 atom stereocenters. The number of nitrogens with zero attached hydrogens (tertiary/aromatic N) is 3. The first-order valence-electron chi connectivity index (χ1n) is 9.65. The third kappa shape index (κ3) is 2.13. The van der Waals surface area contributed by atoms with E-state index in [1.165, 1.54) is 11.1 Å². The summed E-state index contributed by atoms with van der Waals surface area (Å²) in [4.78, 5) is 17.9. The lowest BCUT2D eigenvalue weighted by Crippen LogP contribution is -2.47. The highest BCUT2D eigenvalue weighted by molar-refractivity contribution is 5.73. The number of imidazole rings is 1. The number of benzene rings is 1. The Hall–Kier alpha value is -2.14. The van der Waals surface area contributed by atoms with Gasteiger partial charge in [0.25, 0.3) is 0 Å². The first-order chi connectivity index (χ1) is 12.6. The quantitative estimate of drug-likeness (QED) is 0.859. The van der Waals surface area contributed by atoms with Crippen LogP contribution in [-0.4, -0.2) is 44.7 Å². The van der Waals surface area contributed by atoms with E-state index < -0.39 is 0 Å². The van der Waals surface area contributed by atoms with E-state index in [1.54, 1.807) is 6.92 Å². The van der Waals surface area contributed by atoms with Gasteiger partial charge < -0.3 is 14.6 Å². The lowest BCUT2D eigenvalue weighted by Gasteiger charge is -2.42. The summed E-state index contributed by atoms with van der Waals surface area (Å²) in [5.74, 6) is 0.354. The van der Waals surface area contributed by atoms with E-state index in [0.717, 1.165) is 44.5 Å². The Morgan fingerprint density at radius 3 is 2.77 bits per heavy atom. The third-order valence-electron chi connectivity index (χ3n) is 7.14. The average molecular weight is 351 g/mol. The topological polar surface area (TPSA) is 58.4 Å². The van der Waals surface area contributed by atoms with Crippen LogP contribution in [0.2, 0.25) is 0 Å². The largest absolute Gasteiger partial charge is 0.392 e. The monoisotopic (exact) mass is 351 g/mol. The summed E-state index contributed by atoms with van der Waals surface area (Å²) in [6.07, 6.45) is 7.41. The molecule has 1 N–H and O–H groups in total. The second-order valence-electron chi connectivity index (χ2n) is 8.23. The van der Waals surface area contributed by atoms with Crippen LogP contribution in [0.25, 0.3) is 11.3 Å². The van der Waals surface area contributed by atoms with E-state index in [0.29, 0.717) is 0 Å². The molecule has 1 saturated carbocycles. The Kier molecular flexibility index (Phi) is 3.51. The molecule has 1 amide bonds. The third-order valence-corrected chi connectivity index (χ3v) is 7.14. The number of carbonyl (C=O) groups excluding carboxylic acids is 1. The smallest absolute Gasteiger partial charge is 0.219 e. The van der Waals surface area contributed by atoms with E-state index in [2.05, 4.69) is 33.8 Å². The van der Waals surface area contributed by atoms with Gasteiger partial charge in [-0.05, 0) is 31.2 Å². The van der Waals surface area contributed by atoms with Crippen molar-refractivity contribution in [3.05, 3.63) is 42.4 Å². The highest BCUT2D eigenvalue weighted by Crippen LogP contribution is 2.55. The van der Waals surface area contributed by atoms with Crippen LogP contribution in [0.4, 0.5) is 0 Å². The predicted molar refractivity (Wildman–Crippen MR) is 98.5 cm³/mol. The SMILES string of the molecule is CC(=O)N1CCC2(CCC(C3c4ccccc4-c4cncn43)C2O)CC1. The van der Waals surface area contributed by atoms with Crippen molar-refractivity contribution >= 4 is 5.91 Å². The van der Waals surface area contributed by atoms with Gasteiger partial charge in [-0.3, -0.25) is 4.79 Å². The van der Waals surface area contributed by atoms with Crippen molar-refractivity contribution in [2.45, 2.75) is 44.8 Å². The van der Waals surface area contributed by atoms with E-state index in [4.69, 9.17) is 0 Å². The molecule has 2 aliphatic heterocycles. The Morgan fingerprint density at radius 1 is 1.23 bits per heavy atom. The predicted octanol–water partition coefficient (Wildman–Crippen LogP) is 2.85. The van der Waals surface area contributed by atoms with Gasteiger partial charge in [0.1, 0.15) is 0 Å². The molecule has 3 heterocycles. The zero-order valence-electron chi connectivity index (χ0n) is 15.1. The van der Waals surface area contributed by atoms with Crippen LogP contribution in [0.15, 0.2) is 36.8 Å². The van der Waals surface area contributed by atoms with Crippen molar-refractivity contribution in [3.8, 4) is 11.3 Å². The Labute approximate surface area is 153 Å². The molecular weight excluding hydrogens is 326 g/mol. The maximum Gasteiger partial charge on any atom is 0.219 e. The minimum Gasteiger partial charge on any atom is -0.392 e. The molecule has 1 aromatic heterocycles. The molecular formula is C21H25N3O2. The summed E-state index contributed by atoms with van der Waals surface area (Å²) in [5.41, 5.74) is 3.68. The number of likely N-dealkylation sites (tertiary alicyclic amines) is 1. The molecule has 26 heavy (non-hydrogen) atoms. The van der Waals surface area contributed by atoms with Gasteiger partial charge in [0, 0.05) is 36.9 Å². The second kappa shape index (κ2) is 5.68. The van der Waals surface area contributed by atoms with Crippen molar-refractivity contribution in [2.75, 3.05) is 13.1 Å². The minimum atomic E-state index is -0.331. The first kappa shape index (κ1) is 16.1. The number of aliphatic hydroxyl groups is 1. The fourth-order valence-electron chi connectivity index (χ4n) is 5.67. The lowest BCUT2D eigenvalue weighted by molar-refractivity contribution is -0.132. The molecule has 136 valence electrons. The molecule has 1 aliphatic carbocycles. The summed E-state index contributed by atoms with van der Waals surface area (Å²) in [6, 6.07) is 8.69. The Bertz CT molecular complexity index is 850. The maximum absolute atomic E-state index is 11.7. The maximum atomic E-state index is 11.7. The van der Waals surface area contributed by atoms with Gasteiger partial charge in [-0.2, -0.15) is 0 Å². The molecule has 5 nitrogen and oxygen atoms in total. The molecule has 3 aliphatic rings. The van der Waals surface area contributed by atoms with Gasteiger partial charge in [0.05, 0.1) is 30.4 Å². The minimum absolute atomic E-state index is 0.0328. The first-order valence-corrected chi connectivity index (χ1v) is 9.65. The van der Waals surface area contributed by atoms with Crippen molar-refractivity contribution in [3.63, 3.8) is 0 Å². The normalized spacial score (nSPS) is 29.0. The van der Waals surface area contributed by atoms with E-state index >= 15 is 0 Å². The van der Waals surface area contributed by atoms with Gasteiger partial charge in [-0.15, -0.1) is 0 Å². The van der Waals surface area contributed by atoms with Gasteiger partial charge >= 0.3 is 0 Å². The Morgan fingerprint density at radius 2 is 2.00 bits per heavy atom. The summed E-state index contributed by atoms with van der Waals surface area (Å²) in [7, 11) is 0. The lowest BCUT2D eigenvalue weighted by atomic mass is 9.73. The number of hydrogen-bond acceptors (Lipinski definition) is 3. The van der Waals surface area contributed by atoms with Crippen molar-refractivity contribution in [1.29, 1.82) is 0 Å². The molecule has 0 radical (unpaired) electrons. The van der Waals surface area contributed by atoms with Crippen LogP contribution in [0.3, 0.4) is 0 Å². The number of hydrogen-bond donors (Lipinski definition) is 1. The second-order valence-corrected chi connectivity index (χ2v) is 8.23. The molecule has 1 aromatic carbocycles. The summed E-state index contributed by atoms with van der Waals surface area (Å²) < 4.78 is 2.25. The molecule has 5 heteroatoms. The number of amides is 1. The highest BCUT2D eigenvalue weighted by atomic mass is 16.3. The standard InChI is InChI=1S/C21H25N3O2/c1-14(25)23-10-8-21(9-11-23)7-6-17(20(21)26)19-16-5-3-2-4-15(16)18-12-22-13-24(18)19/h2-5,12-13,17,19-20,26H,6-11H2,1H3. The van der Waals surface area contributed by atoms with Gasteiger partial charge in [0.15, 0.2) is 0 Å². The van der Waals surface area contributed by atoms with Crippen molar-refractivity contribution in [2.24, 2.45) is 11.3 Å².